The zero-order valence-corrected chi connectivity index (χ0v) is 19.0. The third-order valence-electron chi connectivity index (χ3n) is 7.04. The summed E-state index contributed by atoms with van der Waals surface area (Å²) in [7, 11) is 0. The van der Waals surface area contributed by atoms with Gasteiger partial charge in [0.1, 0.15) is 5.82 Å². The monoisotopic (exact) mass is 434 g/mol. The summed E-state index contributed by atoms with van der Waals surface area (Å²) in [6.07, 6.45) is 11.2. The molecule has 1 saturated heterocycles. The van der Waals surface area contributed by atoms with Crippen LogP contribution in [0.25, 0.3) is 10.9 Å². The lowest BCUT2D eigenvalue weighted by atomic mass is 9.90. The van der Waals surface area contributed by atoms with Gasteiger partial charge >= 0.3 is 0 Å². The van der Waals surface area contributed by atoms with Gasteiger partial charge in [-0.05, 0) is 51.2 Å². The van der Waals surface area contributed by atoms with Crippen LogP contribution in [0.2, 0.25) is 0 Å². The summed E-state index contributed by atoms with van der Waals surface area (Å²) in [4.78, 5) is 27.4. The van der Waals surface area contributed by atoms with Crippen LogP contribution in [-0.4, -0.2) is 46.4 Å². The first-order valence-corrected chi connectivity index (χ1v) is 12.3. The number of benzene rings is 1. The summed E-state index contributed by atoms with van der Waals surface area (Å²) in [5, 5.41) is 11.2. The summed E-state index contributed by atoms with van der Waals surface area (Å²) in [5.41, 5.74) is 1.96. The van der Waals surface area contributed by atoms with Gasteiger partial charge in [0.25, 0.3) is 5.91 Å². The van der Waals surface area contributed by atoms with Crippen LogP contribution < -0.4 is 16.0 Å². The molecule has 0 spiro atoms. The van der Waals surface area contributed by atoms with Crippen LogP contribution in [0.5, 0.6) is 0 Å². The fourth-order valence-corrected chi connectivity index (χ4v) is 5.27. The average Bonchev–Trinajstić information content (AvgIpc) is 3.49. The number of anilines is 1. The lowest BCUT2D eigenvalue weighted by molar-refractivity contribution is 0.0928. The normalized spacial score (nSPS) is 25.2. The summed E-state index contributed by atoms with van der Waals surface area (Å²) in [6, 6.07) is 6.83. The molecule has 1 aliphatic heterocycles. The van der Waals surface area contributed by atoms with E-state index >= 15 is 0 Å². The molecule has 5 rings (SSSR count). The number of nitrogens with zero attached hydrogens (tertiary/aromatic N) is 3. The summed E-state index contributed by atoms with van der Waals surface area (Å²) in [5.74, 6) is 1.99. The molecule has 2 saturated carbocycles. The third kappa shape index (κ3) is 4.71. The highest BCUT2D eigenvalue weighted by molar-refractivity contribution is 5.96. The van der Waals surface area contributed by atoms with Crippen molar-refractivity contribution in [3.8, 4) is 0 Å². The van der Waals surface area contributed by atoms with Crippen LogP contribution >= 0.6 is 0 Å². The quantitative estimate of drug-likeness (QED) is 0.659. The molecule has 3 aliphatic rings. The van der Waals surface area contributed by atoms with Gasteiger partial charge in [-0.25, -0.2) is 9.97 Å². The Labute approximate surface area is 189 Å². The lowest BCUT2D eigenvalue weighted by Gasteiger charge is -2.30. The zero-order chi connectivity index (χ0) is 21.9. The van der Waals surface area contributed by atoms with Crippen molar-refractivity contribution < 1.29 is 4.79 Å². The molecule has 1 amide bonds. The molecule has 170 valence electrons. The molecule has 3 fully saturated rings. The molecule has 2 aromatic rings. The predicted molar refractivity (Wildman–Crippen MR) is 128 cm³/mol. The van der Waals surface area contributed by atoms with Crippen molar-refractivity contribution in [3.63, 3.8) is 0 Å². The molecule has 7 heteroatoms. The number of fused-ring (bicyclic) bond motifs is 1. The maximum atomic E-state index is 13.0. The van der Waals surface area contributed by atoms with E-state index in [4.69, 9.17) is 9.98 Å². The van der Waals surface area contributed by atoms with Gasteiger partial charge in [0.2, 0.25) is 5.82 Å². The molecule has 1 aromatic carbocycles. The summed E-state index contributed by atoms with van der Waals surface area (Å²) >= 11 is 0. The average molecular weight is 435 g/mol. The first-order chi connectivity index (χ1) is 15.7. The number of carbonyl (C=O) groups is 1. The number of aromatic nitrogens is 2. The molecule has 1 aromatic heterocycles. The van der Waals surface area contributed by atoms with Crippen molar-refractivity contribution in [1.29, 1.82) is 0 Å². The van der Waals surface area contributed by atoms with Gasteiger partial charge in [0.05, 0.1) is 17.4 Å². The van der Waals surface area contributed by atoms with E-state index < -0.39 is 0 Å². The smallest absolute Gasteiger partial charge is 0.289 e. The Morgan fingerprint density at radius 3 is 2.69 bits per heavy atom. The number of aliphatic imine (C=N–C) groups is 1. The number of rotatable bonds is 5. The van der Waals surface area contributed by atoms with Gasteiger partial charge in [0.15, 0.2) is 0 Å². The minimum Gasteiger partial charge on any atom is -0.374 e. The molecule has 0 radical (unpaired) electrons. The van der Waals surface area contributed by atoms with Crippen molar-refractivity contribution >= 4 is 28.5 Å². The molecular weight excluding hydrogens is 400 g/mol. The predicted octanol–water partition coefficient (Wildman–Crippen LogP) is 4.12. The molecule has 0 unspecified atom stereocenters. The lowest BCUT2D eigenvalue weighted by Crippen LogP contribution is -2.38. The molecule has 7 nitrogen and oxygen atoms in total. The van der Waals surface area contributed by atoms with Crippen LogP contribution in [0.1, 0.15) is 80.4 Å². The van der Waals surface area contributed by atoms with E-state index in [2.05, 4.69) is 33.9 Å². The SMILES string of the molecule is Cc1ccc2nc(C(=O)NC3CCCC3)nc(N[C@H]3CCCC[C@H]3N=C3CCCN3)c2c1. The first kappa shape index (κ1) is 21.2. The molecule has 0 bridgehead atoms. The Morgan fingerprint density at radius 2 is 1.88 bits per heavy atom. The standard InChI is InChI=1S/C25H34N6O/c1-16-12-13-19-18(15-16)23(31-24(29-19)25(32)27-17-7-2-3-8-17)30-21-10-5-4-9-20(21)28-22-11-6-14-26-22/h12-13,15,17,20-21H,2-11,14H2,1H3,(H,26,28)(H,27,32)(H,29,30,31)/t20-,21+/m1/s1. The zero-order valence-electron chi connectivity index (χ0n) is 19.0. The molecule has 2 atom stereocenters. The van der Waals surface area contributed by atoms with Crippen LogP contribution in [-0.2, 0) is 0 Å². The molecule has 2 aliphatic carbocycles. The number of hydrogen-bond donors (Lipinski definition) is 3. The summed E-state index contributed by atoms with van der Waals surface area (Å²) in [6.45, 7) is 3.10. The number of aryl methyl sites for hydroxylation is 1. The molecule has 32 heavy (non-hydrogen) atoms. The van der Waals surface area contributed by atoms with Crippen LogP contribution in [0.15, 0.2) is 23.2 Å². The molecule has 2 heterocycles. The van der Waals surface area contributed by atoms with Crippen molar-refractivity contribution in [2.24, 2.45) is 4.99 Å². The first-order valence-electron chi connectivity index (χ1n) is 12.3. The Bertz CT molecular complexity index is 1000. The van der Waals surface area contributed by atoms with Gasteiger partial charge in [-0.2, -0.15) is 0 Å². The molecule has 3 N–H and O–H groups in total. The van der Waals surface area contributed by atoms with Gasteiger partial charge in [0, 0.05) is 30.4 Å². The Hall–Kier alpha value is -2.70. The topological polar surface area (TPSA) is 91.3 Å². The number of nitrogens with one attached hydrogen (secondary N) is 3. The maximum Gasteiger partial charge on any atom is 0.289 e. The van der Waals surface area contributed by atoms with Crippen molar-refractivity contribution in [1.82, 2.24) is 20.6 Å². The largest absolute Gasteiger partial charge is 0.374 e. The fourth-order valence-electron chi connectivity index (χ4n) is 5.27. The number of amidine groups is 1. The van der Waals surface area contributed by atoms with Gasteiger partial charge < -0.3 is 16.0 Å². The van der Waals surface area contributed by atoms with E-state index in [9.17, 15) is 4.79 Å². The highest BCUT2D eigenvalue weighted by atomic mass is 16.2. The fraction of sp³-hybridized carbons (Fsp3) is 0.600. The second-order valence-corrected chi connectivity index (χ2v) is 9.58. The van der Waals surface area contributed by atoms with E-state index in [1.165, 1.54) is 32.1 Å². The number of hydrogen-bond acceptors (Lipinski definition) is 5. The van der Waals surface area contributed by atoms with E-state index in [0.717, 1.165) is 66.8 Å². The number of carbonyl (C=O) groups excluding carboxylic acids is 1. The van der Waals surface area contributed by atoms with E-state index in [0.29, 0.717) is 0 Å². The minimum absolute atomic E-state index is 0.169. The van der Waals surface area contributed by atoms with Crippen LogP contribution in [0.4, 0.5) is 5.82 Å². The Balaban J connectivity index is 1.44. The van der Waals surface area contributed by atoms with Gasteiger partial charge in [-0.1, -0.05) is 37.3 Å². The van der Waals surface area contributed by atoms with Crippen molar-refractivity contribution in [3.05, 3.63) is 29.6 Å². The Kier molecular flexibility index (Phi) is 6.23. The van der Waals surface area contributed by atoms with Crippen molar-refractivity contribution in [2.75, 3.05) is 11.9 Å². The van der Waals surface area contributed by atoms with Crippen LogP contribution in [0.3, 0.4) is 0 Å². The van der Waals surface area contributed by atoms with Gasteiger partial charge in [-0.3, -0.25) is 9.79 Å². The second-order valence-electron chi connectivity index (χ2n) is 9.58. The highest BCUT2D eigenvalue weighted by Crippen LogP contribution is 2.29. The van der Waals surface area contributed by atoms with E-state index in [1.54, 1.807) is 0 Å². The second kappa shape index (κ2) is 9.43. The highest BCUT2D eigenvalue weighted by Gasteiger charge is 2.27. The Morgan fingerprint density at radius 1 is 1.06 bits per heavy atom. The van der Waals surface area contributed by atoms with Gasteiger partial charge in [-0.15, -0.1) is 0 Å². The van der Waals surface area contributed by atoms with Crippen LogP contribution in [0, 0.1) is 6.92 Å². The maximum absolute atomic E-state index is 13.0. The number of amides is 1. The third-order valence-corrected chi connectivity index (χ3v) is 7.04. The van der Waals surface area contributed by atoms with E-state index in [-0.39, 0.29) is 29.9 Å². The molecular formula is C25H34N6O. The van der Waals surface area contributed by atoms with Crippen molar-refractivity contribution in [2.45, 2.75) is 89.3 Å². The minimum atomic E-state index is -0.169. The van der Waals surface area contributed by atoms with E-state index in [1.807, 2.05) is 12.1 Å². The summed E-state index contributed by atoms with van der Waals surface area (Å²) < 4.78 is 0.